The molecule has 1 aliphatic heterocycles. The lowest BCUT2D eigenvalue weighted by atomic mass is 10.1. The van der Waals surface area contributed by atoms with Crippen LogP contribution in [-0.4, -0.2) is 71.7 Å². The summed E-state index contributed by atoms with van der Waals surface area (Å²) in [6, 6.07) is 9.94. The average molecular weight is 539 g/mol. The van der Waals surface area contributed by atoms with Crippen LogP contribution in [0, 0.1) is 10.1 Å². The van der Waals surface area contributed by atoms with Gasteiger partial charge in [0.2, 0.25) is 0 Å². The Morgan fingerprint density at radius 3 is 2.31 bits per heavy atom. The van der Waals surface area contributed by atoms with E-state index in [9.17, 15) is 19.7 Å². The largest absolute Gasteiger partial charge is 0.491 e. The van der Waals surface area contributed by atoms with Crippen molar-refractivity contribution in [3.05, 3.63) is 63.2 Å². The monoisotopic (exact) mass is 538 g/mol. The second kappa shape index (κ2) is 11.8. The smallest absolute Gasteiger partial charge is 0.410 e. The number of amides is 2. The van der Waals surface area contributed by atoms with Gasteiger partial charge in [0, 0.05) is 61.7 Å². The first-order valence-corrected chi connectivity index (χ1v) is 12.0. The van der Waals surface area contributed by atoms with Crippen molar-refractivity contribution < 1.29 is 24.0 Å². The molecule has 0 atom stereocenters. The van der Waals surface area contributed by atoms with Crippen LogP contribution < -0.4 is 9.16 Å². The van der Waals surface area contributed by atoms with Crippen LogP contribution in [0.5, 0.6) is 5.75 Å². The van der Waals surface area contributed by atoms with Crippen molar-refractivity contribution in [2.45, 2.75) is 26.4 Å². The number of nitrogens with zero attached hydrogens (tertiary/aromatic N) is 4. The lowest BCUT2D eigenvalue weighted by Crippen LogP contribution is -2.50. The van der Waals surface area contributed by atoms with E-state index in [-0.39, 0.29) is 23.0 Å². The van der Waals surface area contributed by atoms with Gasteiger partial charge in [0.15, 0.2) is 0 Å². The first-order valence-electron chi connectivity index (χ1n) is 11.3. The number of benzene rings is 2. The molecule has 194 valence electrons. The molecule has 2 amide bonds. The van der Waals surface area contributed by atoms with Gasteiger partial charge in [0.25, 0.3) is 11.6 Å². The quantitative estimate of drug-likeness (QED) is 0.278. The standard InChI is InChI=1S/C24H28Cl2N4O6/c1-24(2,3)36-23(32)28-12-10-27(11-13-28)14-15-35-21-9-4-17(25)16-20(21)22(31)29(26)18-5-7-19(8-6-18)30(33)34/h4-9,16H,10-15H2,1-3H3. The maximum absolute atomic E-state index is 13.1. The van der Waals surface area contributed by atoms with E-state index in [0.717, 1.165) is 4.42 Å². The molecule has 1 aliphatic rings. The molecule has 0 N–H and O–H groups in total. The third-order valence-corrected chi connectivity index (χ3v) is 5.91. The van der Waals surface area contributed by atoms with Gasteiger partial charge in [0.1, 0.15) is 18.0 Å². The lowest BCUT2D eigenvalue weighted by molar-refractivity contribution is -0.384. The van der Waals surface area contributed by atoms with E-state index >= 15 is 0 Å². The van der Waals surface area contributed by atoms with Gasteiger partial charge in [-0.1, -0.05) is 11.6 Å². The van der Waals surface area contributed by atoms with Gasteiger partial charge in [-0.05, 0) is 51.1 Å². The van der Waals surface area contributed by atoms with E-state index in [1.165, 1.54) is 30.3 Å². The highest BCUT2D eigenvalue weighted by Crippen LogP contribution is 2.29. The number of halogens is 2. The van der Waals surface area contributed by atoms with Crippen LogP contribution in [0.3, 0.4) is 0 Å². The Labute approximate surface area is 219 Å². The number of non-ortho nitro benzene ring substituents is 1. The van der Waals surface area contributed by atoms with Crippen molar-refractivity contribution in [3.8, 4) is 5.75 Å². The molecule has 0 aromatic heterocycles. The molecular weight excluding hydrogens is 511 g/mol. The summed E-state index contributed by atoms with van der Waals surface area (Å²) in [5, 5.41) is 11.2. The van der Waals surface area contributed by atoms with Gasteiger partial charge in [-0.25, -0.2) is 9.21 Å². The van der Waals surface area contributed by atoms with Crippen LogP contribution >= 0.6 is 23.4 Å². The number of rotatable bonds is 7. The summed E-state index contributed by atoms with van der Waals surface area (Å²) in [6.45, 7) is 8.84. The molecule has 10 nitrogen and oxygen atoms in total. The van der Waals surface area contributed by atoms with Gasteiger partial charge < -0.3 is 14.4 Å². The average Bonchev–Trinajstić information content (AvgIpc) is 2.83. The van der Waals surface area contributed by atoms with Crippen LogP contribution in [0.25, 0.3) is 0 Å². The number of carbonyl (C=O) groups is 2. The van der Waals surface area contributed by atoms with Crippen molar-refractivity contribution in [1.82, 2.24) is 9.80 Å². The molecule has 36 heavy (non-hydrogen) atoms. The van der Waals surface area contributed by atoms with Crippen LogP contribution in [0.4, 0.5) is 16.2 Å². The molecule has 12 heteroatoms. The molecule has 3 rings (SSSR count). The predicted molar refractivity (Wildman–Crippen MR) is 137 cm³/mol. The summed E-state index contributed by atoms with van der Waals surface area (Å²) in [7, 11) is 0. The summed E-state index contributed by atoms with van der Waals surface area (Å²) < 4.78 is 12.2. The molecule has 0 unspecified atom stereocenters. The highest BCUT2D eigenvalue weighted by atomic mass is 35.5. The molecule has 1 saturated heterocycles. The summed E-state index contributed by atoms with van der Waals surface area (Å²) in [5.74, 6) is -0.279. The lowest BCUT2D eigenvalue weighted by Gasteiger charge is -2.35. The predicted octanol–water partition coefficient (Wildman–Crippen LogP) is 4.98. The second-order valence-electron chi connectivity index (χ2n) is 9.16. The van der Waals surface area contributed by atoms with Crippen molar-refractivity contribution >= 4 is 46.8 Å². The zero-order valence-corrected chi connectivity index (χ0v) is 21.8. The topological polar surface area (TPSA) is 105 Å². The van der Waals surface area contributed by atoms with Crippen LogP contribution in [0.1, 0.15) is 31.1 Å². The third-order valence-electron chi connectivity index (χ3n) is 5.33. The zero-order valence-electron chi connectivity index (χ0n) is 20.3. The number of carbonyl (C=O) groups excluding carboxylic acids is 2. The van der Waals surface area contributed by atoms with E-state index in [1.807, 2.05) is 20.8 Å². The minimum atomic E-state index is -0.589. The molecule has 0 spiro atoms. The molecule has 1 fully saturated rings. The highest BCUT2D eigenvalue weighted by Gasteiger charge is 2.26. The summed E-state index contributed by atoms with van der Waals surface area (Å²) >= 11 is 12.4. The highest BCUT2D eigenvalue weighted by molar-refractivity contribution is 6.40. The van der Waals surface area contributed by atoms with Crippen molar-refractivity contribution in [1.29, 1.82) is 0 Å². The van der Waals surface area contributed by atoms with Crippen LogP contribution in [0.15, 0.2) is 42.5 Å². The van der Waals surface area contributed by atoms with Crippen LogP contribution in [0.2, 0.25) is 5.02 Å². The Morgan fingerprint density at radius 1 is 1.08 bits per heavy atom. The molecule has 0 bridgehead atoms. The van der Waals surface area contributed by atoms with E-state index in [2.05, 4.69) is 4.90 Å². The van der Waals surface area contributed by atoms with Crippen molar-refractivity contribution in [3.63, 3.8) is 0 Å². The Balaban J connectivity index is 1.57. The Morgan fingerprint density at radius 2 is 1.72 bits per heavy atom. The Kier molecular flexibility index (Phi) is 8.99. The molecule has 2 aromatic carbocycles. The van der Waals surface area contributed by atoms with Gasteiger partial charge in [-0.2, -0.15) is 0 Å². The number of piperazine rings is 1. The fourth-order valence-corrected chi connectivity index (χ4v) is 3.86. The Hall–Kier alpha value is -3.08. The number of nitro groups is 1. The second-order valence-corrected chi connectivity index (χ2v) is 9.93. The first kappa shape index (κ1) is 27.5. The van der Waals surface area contributed by atoms with E-state index in [4.69, 9.17) is 32.9 Å². The Bertz CT molecular complexity index is 1100. The first-order chi connectivity index (χ1) is 16.9. The number of anilines is 1. The van der Waals surface area contributed by atoms with Gasteiger partial charge in [-0.3, -0.25) is 19.8 Å². The zero-order chi connectivity index (χ0) is 26.5. The molecule has 0 radical (unpaired) electrons. The minimum absolute atomic E-state index is 0.116. The van der Waals surface area contributed by atoms with E-state index < -0.39 is 16.4 Å². The van der Waals surface area contributed by atoms with Gasteiger partial charge in [0.05, 0.1) is 16.2 Å². The number of nitro benzene ring substituents is 1. The summed E-state index contributed by atoms with van der Waals surface area (Å²) in [5.41, 5.74) is -0.228. The van der Waals surface area contributed by atoms with Crippen molar-refractivity contribution in [2.24, 2.45) is 0 Å². The molecule has 0 aliphatic carbocycles. The molecule has 1 heterocycles. The maximum atomic E-state index is 13.1. The van der Waals surface area contributed by atoms with Crippen LogP contribution in [-0.2, 0) is 4.74 Å². The molecular formula is C24H28Cl2N4O6. The maximum Gasteiger partial charge on any atom is 0.410 e. The fraction of sp³-hybridized carbons (Fsp3) is 0.417. The van der Waals surface area contributed by atoms with E-state index in [0.29, 0.717) is 50.1 Å². The summed E-state index contributed by atoms with van der Waals surface area (Å²) in [4.78, 5) is 39.5. The molecule has 2 aromatic rings. The normalized spacial score (nSPS) is 14.3. The number of hydrogen-bond acceptors (Lipinski definition) is 7. The fourth-order valence-electron chi connectivity index (χ4n) is 3.49. The minimum Gasteiger partial charge on any atom is -0.491 e. The third kappa shape index (κ3) is 7.46. The van der Waals surface area contributed by atoms with E-state index in [1.54, 1.807) is 17.0 Å². The number of hydrogen-bond donors (Lipinski definition) is 0. The summed E-state index contributed by atoms with van der Waals surface area (Å²) in [6.07, 6.45) is -0.318. The van der Waals surface area contributed by atoms with Gasteiger partial charge in [-0.15, -0.1) is 0 Å². The van der Waals surface area contributed by atoms with Gasteiger partial charge >= 0.3 is 6.09 Å². The van der Waals surface area contributed by atoms with Crippen molar-refractivity contribution in [2.75, 3.05) is 43.7 Å². The SMILES string of the molecule is CC(C)(C)OC(=O)N1CCN(CCOc2ccc(Cl)cc2C(=O)N(Cl)c2ccc([N+](=O)[O-])cc2)CC1. The number of ether oxygens (including phenoxy) is 2. The molecule has 0 saturated carbocycles.